The number of aromatic nitrogens is 2. The van der Waals surface area contributed by atoms with E-state index in [0.29, 0.717) is 31.8 Å². The number of nitrogens with one attached hydrogen (secondary N) is 1. The zero-order valence-corrected chi connectivity index (χ0v) is 22.0. The number of pyridine rings is 2. The summed E-state index contributed by atoms with van der Waals surface area (Å²) in [5.41, 5.74) is 3.01. The number of likely N-dealkylation sites (tertiary alicyclic amines) is 1. The van der Waals surface area contributed by atoms with E-state index in [1.165, 1.54) is 29.7 Å². The van der Waals surface area contributed by atoms with Gasteiger partial charge in [-0.05, 0) is 56.0 Å². The first-order valence-corrected chi connectivity index (χ1v) is 13.7. The highest BCUT2D eigenvalue weighted by Crippen LogP contribution is 2.36. The lowest BCUT2D eigenvalue weighted by molar-refractivity contribution is -0.147. The first-order valence-electron chi connectivity index (χ1n) is 13.7. The summed E-state index contributed by atoms with van der Waals surface area (Å²) in [6.07, 6.45) is 4.75. The van der Waals surface area contributed by atoms with Crippen LogP contribution >= 0.6 is 0 Å². The third kappa shape index (κ3) is 7.44. The Hall–Kier alpha value is -2.67. The molecule has 0 spiro atoms. The number of alkyl halides is 3. The highest BCUT2D eigenvalue weighted by molar-refractivity contribution is 5.83. The minimum atomic E-state index is -4.16. The molecule has 1 aromatic carbocycles. The summed E-state index contributed by atoms with van der Waals surface area (Å²) in [6.45, 7) is 4.48. The van der Waals surface area contributed by atoms with Crippen LogP contribution in [0.15, 0.2) is 54.7 Å². The van der Waals surface area contributed by atoms with Gasteiger partial charge >= 0.3 is 6.18 Å². The predicted molar refractivity (Wildman–Crippen MR) is 145 cm³/mol. The molecule has 200 valence electrons. The Labute approximate surface area is 218 Å². The van der Waals surface area contributed by atoms with Gasteiger partial charge in [0, 0.05) is 17.5 Å². The Morgan fingerprint density at radius 3 is 2.46 bits per heavy atom. The van der Waals surface area contributed by atoms with Crippen LogP contribution in [0.4, 0.5) is 19.0 Å². The molecule has 1 aliphatic heterocycles. The highest BCUT2D eigenvalue weighted by Gasteiger charge is 2.33. The molecule has 7 heteroatoms. The molecular formula is C30H39F3N4. The molecule has 2 aromatic heterocycles. The number of halogens is 3. The summed E-state index contributed by atoms with van der Waals surface area (Å²) in [5, 5.41) is 4.80. The Morgan fingerprint density at radius 1 is 1.03 bits per heavy atom. The number of rotatable bonds is 11. The Bertz CT molecular complexity index is 1110. The van der Waals surface area contributed by atoms with Crippen molar-refractivity contribution in [1.82, 2.24) is 14.9 Å². The van der Waals surface area contributed by atoms with Gasteiger partial charge in [-0.15, -0.1) is 0 Å². The highest BCUT2D eigenvalue weighted by atomic mass is 19.4. The van der Waals surface area contributed by atoms with Gasteiger partial charge in [0.05, 0.1) is 23.8 Å². The van der Waals surface area contributed by atoms with Gasteiger partial charge in [-0.25, -0.2) is 4.98 Å². The maximum atomic E-state index is 12.9. The quantitative estimate of drug-likeness (QED) is 0.263. The molecule has 2 unspecified atom stereocenters. The molecule has 3 heterocycles. The van der Waals surface area contributed by atoms with Crippen LogP contribution in [0, 0.1) is 5.92 Å². The Morgan fingerprint density at radius 2 is 1.78 bits per heavy atom. The molecule has 4 rings (SSSR count). The molecule has 37 heavy (non-hydrogen) atoms. The van der Waals surface area contributed by atoms with Crippen LogP contribution in [0.2, 0.25) is 0 Å². The standard InChI is InChI=1S/C30H39F3N4/c1-3-5-7-11-22(4-2)27(23-12-8-6-9-13-23)35-26-20-25-14-10-17-34-28(25)29(36-26)24-15-18-37(19-16-24)21-30(31,32)33/h6,8-10,12-14,17,20,22,24,27H,3-5,7,11,15-16,18-19,21H2,1-2H3,(H,35,36). The Balaban J connectivity index is 1.62. The van der Waals surface area contributed by atoms with Crippen molar-refractivity contribution in [1.29, 1.82) is 0 Å². The van der Waals surface area contributed by atoms with Crippen LogP contribution in [0.5, 0.6) is 0 Å². The summed E-state index contributed by atoms with van der Waals surface area (Å²) >= 11 is 0. The first kappa shape index (κ1) is 27.4. The van der Waals surface area contributed by atoms with Crippen LogP contribution in [0.25, 0.3) is 10.9 Å². The van der Waals surface area contributed by atoms with Crippen molar-refractivity contribution in [3.05, 3.63) is 66.0 Å². The van der Waals surface area contributed by atoms with Gasteiger partial charge in [0.2, 0.25) is 0 Å². The van der Waals surface area contributed by atoms with Crippen molar-refractivity contribution in [3.8, 4) is 0 Å². The van der Waals surface area contributed by atoms with Gasteiger partial charge in [-0.1, -0.05) is 75.9 Å². The topological polar surface area (TPSA) is 41.1 Å². The lowest BCUT2D eigenvalue weighted by Gasteiger charge is -2.33. The average molecular weight is 513 g/mol. The second-order valence-electron chi connectivity index (χ2n) is 10.3. The summed E-state index contributed by atoms with van der Waals surface area (Å²) in [7, 11) is 0. The molecule has 3 aromatic rings. The lowest BCUT2D eigenvalue weighted by Crippen LogP contribution is -2.39. The van der Waals surface area contributed by atoms with Gasteiger partial charge in [-0.2, -0.15) is 13.2 Å². The minimum absolute atomic E-state index is 0.0883. The van der Waals surface area contributed by atoms with E-state index in [-0.39, 0.29) is 12.0 Å². The maximum absolute atomic E-state index is 12.9. The Kier molecular flexibility index (Phi) is 9.41. The zero-order valence-electron chi connectivity index (χ0n) is 22.0. The minimum Gasteiger partial charge on any atom is -0.363 e. The van der Waals surface area contributed by atoms with Crippen LogP contribution in [-0.4, -0.2) is 40.7 Å². The van der Waals surface area contributed by atoms with Crippen LogP contribution < -0.4 is 5.32 Å². The van der Waals surface area contributed by atoms with E-state index < -0.39 is 12.7 Å². The molecule has 1 fully saturated rings. The van der Waals surface area contributed by atoms with Gasteiger partial charge in [-0.3, -0.25) is 9.88 Å². The number of benzene rings is 1. The van der Waals surface area contributed by atoms with Crippen LogP contribution in [-0.2, 0) is 0 Å². The molecular weight excluding hydrogens is 473 g/mol. The van der Waals surface area contributed by atoms with Crippen molar-refractivity contribution < 1.29 is 13.2 Å². The van der Waals surface area contributed by atoms with Crippen molar-refractivity contribution in [2.24, 2.45) is 5.92 Å². The summed E-state index contributed by atoms with van der Waals surface area (Å²) < 4.78 is 38.7. The summed E-state index contributed by atoms with van der Waals surface area (Å²) in [5.74, 6) is 1.37. The number of hydrogen-bond donors (Lipinski definition) is 1. The van der Waals surface area contributed by atoms with Crippen molar-refractivity contribution in [2.75, 3.05) is 25.0 Å². The van der Waals surface area contributed by atoms with Crippen molar-refractivity contribution in [3.63, 3.8) is 0 Å². The van der Waals surface area contributed by atoms with Crippen LogP contribution in [0.3, 0.4) is 0 Å². The molecule has 2 atom stereocenters. The normalized spacial score (nSPS) is 17.1. The number of fused-ring (bicyclic) bond motifs is 1. The SMILES string of the molecule is CCCCCC(CC)C(Nc1cc2cccnc2c(C2CCN(CC(F)(F)F)CC2)n1)c1ccccc1. The zero-order chi connectivity index (χ0) is 26.3. The average Bonchev–Trinajstić information content (AvgIpc) is 2.90. The number of nitrogens with zero attached hydrogens (tertiary/aromatic N) is 3. The largest absolute Gasteiger partial charge is 0.401 e. The maximum Gasteiger partial charge on any atom is 0.401 e. The van der Waals surface area contributed by atoms with Crippen molar-refractivity contribution in [2.45, 2.75) is 76.9 Å². The summed E-state index contributed by atoms with van der Waals surface area (Å²) in [4.78, 5) is 11.2. The number of unbranched alkanes of at least 4 members (excludes halogenated alkanes) is 2. The molecule has 0 radical (unpaired) electrons. The third-order valence-electron chi connectivity index (χ3n) is 7.63. The molecule has 1 N–H and O–H groups in total. The van der Waals surface area contributed by atoms with Gasteiger partial charge < -0.3 is 5.32 Å². The lowest BCUT2D eigenvalue weighted by atomic mass is 9.86. The van der Waals surface area contributed by atoms with Gasteiger partial charge in [0.15, 0.2) is 0 Å². The first-order chi connectivity index (χ1) is 17.9. The van der Waals surface area contributed by atoms with E-state index in [1.54, 1.807) is 6.20 Å². The predicted octanol–water partition coefficient (Wildman–Crippen LogP) is 8.13. The fourth-order valence-corrected chi connectivity index (χ4v) is 5.64. The number of piperidine rings is 1. The van der Waals surface area contributed by atoms with Gasteiger partial charge in [0.25, 0.3) is 0 Å². The molecule has 1 aliphatic rings. The van der Waals surface area contributed by atoms with E-state index in [2.05, 4.69) is 54.5 Å². The van der Waals surface area contributed by atoms with E-state index in [4.69, 9.17) is 4.98 Å². The molecule has 0 saturated carbocycles. The van der Waals surface area contributed by atoms with E-state index in [9.17, 15) is 13.2 Å². The second kappa shape index (κ2) is 12.7. The van der Waals surface area contributed by atoms with Crippen molar-refractivity contribution >= 4 is 16.7 Å². The fourth-order valence-electron chi connectivity index (χ4n) is 5.64. The van der Waals surface area contributed by atoms with Crippen LogP contribution in [0.1, 0.15) is 82.0 Å². The smallest absolute Gasteiger partial charge is 0.363 e. The second-order valence-corrected chi connectivity index (χ2v) is 10.3. The fraction of sp³-hybridized carbons (Fsp3) is 0.533. The van der Waals surface area contributed by atoms with Gasteiger partial charge in [0.1, 0.15) is 5.82 Å². The molecule has 0 bridgehead atoms. The molecule has 0 amide bonds. The van der Waals surface area contributed by atoms with E-state index in [0.717, 1.165) is 35.3 Å². The molecule has 0 aliphatic carbocycles. The molecule has 1 saturated heterocycles. The number of hydrogen-bond acceptors (Lipinski definition) is 4. The monoisotopic (exact) mass is 512 g/mol. The van der Waals surface area contributed by atoms with E-state index >= 15 is 0 Å². The molecule has 4 nitrogen and oxygen atoms in total. The van der Waals surface area contributed by atoms with E-state index in [1.807, 2.05) is 18.2 Å². The third-order valence-corrected chi connectivity index (χ3v) is 7.63. The summed E-state index contributed by atoms with van der Waals surface area (Å²) in [6, 6.07) is 16.7. The number of anilines is 1.